The lowest BCUT2D eigenvalue weighted by molar-refractivity contribution is -0.137. The molecule has 0 saturated carbocycles. The summed E-state index contributed by atoms with van der Waals surface area (Å²) in [7, 11) is 0. The van der Waals surface area contributed by atoms with Gasteiger partial charge in [-0.25, -0.2) is 0 Å². The smallest absolute Gasteiger partial charge is 0.418 e. The number of nitrogens with one attached hydrogen (secondary N) is 1. The van der Waals surface area contributed by atoms with E-state index in [2.05, 4.69) is 15.5 Å². The first-order chi connectivity index (χ1) is 11.4. The molecule has 0 aliphatic carbocycles. The summed E-state index contributed by atoms with van der Waals surface area (Å²) in [5.41, 5.74) is -0.244. The van der Waals surface area contributed by atoms with Crippen LogP contribution in [0.25, 0.3) is 11.5 Å². The Morgan fingerprint density at radius 1 is 1.00 bits per heavy atom. The zero-order valence-corrected chi connectivity index (χ0v) is 12.9. The lowest BCUT2D eigenvalue weighted by atomic mass is 10.1. The number of para-hydroxylation sites is 1. The van der Waals surface area contributed by atoms with Crippen molar-refractivity contribution in [2.24, 2.45) is 0 Å². The maximum atomic E-state index is 12.9. The van der Waals surface area contributed by atoms with E-state index in [0.29, 0.717) is 10.6 Å². The molecular formula is C16H11ClF3N3O. The number of rotatable bonds is 4. The number of aromatic nitrogens is 2. The maximum absolute atomic E-state index is 12.9. The van der Waals surface area contributed by atoms with Gasteiger partial charge in [0.15, 0.2) is 0 Å². The average Bonchev–Trinajstić information content (AvgIpc) is 3.01. The summed E-state index contributed by atoms with van der Waals surface area (Å²) in [6, 6.07) is 12.1. The molecule has 24 heavy (non-hydrogen) atoms. The van der Waals surface area contributed by atoms with E-state index in [-0.39, 0.29) is 24.0 Å². The molecule has 0 aliphatic heterocycles. The Morgan fingerprint density at radius 2 is 1.71 bits per heavy atom. The number of halogens is 4. The van der Waals surface area contributed by atoms with Crippen LogP contribution in [-0.2, 0) is 12.7 Å². The Labute approximate surface area is 140 Å². The summed E-state index contributed by atoms with van der Waals surface area (Å²) in [6.07, 6.45) is -4.44. The van der Waals surface area contributed by atoms with Gasteiger partial charge in [0.2, 0.25) is 11.8 Å². The molecule has 0 spiro atoms. The van der Waals surface area contributed by atoms with E-state index >= 15 is 0 Å². The highest BCUT2D eigenvalue weighted by Gasteiger charge is 2.33. The largest absolute Gasteiger partial charge is 0.419 e. The van der Waals surface area contributed by atoms with E-state index in [1.807, 2.05) is 0 Å². The fourth-order valence-corrected chi connectivity index (χ4v) is 2.34. The second kappa shape index (κ2) is 6.52. The van der Waals surface area contributed by atoms with Gasteiger partial charge in [0.05, 0.1) is 22.7 Å². The van der Waals surface area contributed by atoms with Crippen LogP contribution in [0, 0.1) is 0 Å². The highest BCUT2D eigenvalue weighted by atomic mass is 35.5. The number of anilines is 1. The number of hydrogen-bond donors (Lipinski definition) is 1. The van der Waals surface area contributed by atoms with Gasteiger partial charge in [-0.2, -0.15) is 13.2 Å². The Kier molecular flexibility index (Phi) is 4.44. The van der Waals surface area contributed by atoms with Crippen molar-refractivity contribution in [1.29, 1.82) is 0 Å². The zero-order chi connectivity index (χ0) is 17.2. The lowest BCUT2D eigenvalue weighted by Gasteiger charge is -2.13. The van der Waals surface area contributed by atoms with Gasteiger partial charge in [-0.3, -0.25) is 0 Å². The molecule has 0 fully saturated rings. The summed E-state index contributed by atoms with van der Waals surface area (Å²) in [4.78, 5) is 0. The van der Waals surface area contributed by atoms with Gasteiger partial charge in [0.25, 0.3) is 0 Å². The fourth-order valence-electron chi connectivity index (χ4n) is 2.12. The van der Waals surface area contributed by atoms with Gasteiger partial charge in [-0.1, -0.05) is 35.9 Å². The molecule has 1 N–H and O–H groups in total. The van der Waals surface area contributed by atoms with Gasteiger partial charge in [0, 0.05) is 5.69 Å². The van der Waals surface area contributed by atoms with E-state index in [1.54, 1.807) is 24.3 Å². The van der Waals surface area contributed by atoms with Crippen molar-refractivity contribution in [3.8, 4) is 11.5 Å². The van der Waals surface area contributed by atoms with Crippen molar-refractivity contribution in [3.05, 3.63) is 65.0 Å². The van der Waals surface area contributed by atoms with Crippen molar-refractivity contribution in [3.63, 3.8) is 0 Å². The minimum atomic E-state index is -4.44. The second-order valence-corrected chi connectivity index (χ2v) is 5.28. The van der Waals surface area contributed by atoms with E-state index in [0.717, 1.165) is 6.07 Å². The van der Waals surface area contributed by atoms with Crippen LogP contribution in [0.15, 0.2) is 52.9 Å². The predicted molar refractivity (Wildman–Crippen MR) is 83.5 cm³/mol. The molecule has 8 heteroatoms. The Hall–Kier alpha value is -2.54. The van der Waals surface area contributed by atoms with Crippen LogP contribution in [-0.4, -0.2) is 10.2 Å². The van der Waals surface area contributed by atoms with E-state index in [9.17, 15) is 13.2 Å². The SMILES string of the molecule is FC(F)(F)c1ccccc1NCc1nnc(-c2ccccc2Cl)o1. The highest BCUT2D eigenvalue weighted by molar-refractivity contribution is 6.33. The maximum Gasteiger partial charge on any atom is 0.418 e. The standard InChI is InChI=1S/C16H11ClF3N3O/c17-12-7-3-1-5-10(12)15-23-22-14(24-15)9-21-13-8-4-2-6-11(13)16(18,19)20/h1-8,21H,9H2. The van der Waals surface area contributed by atoms with Crippen molar-refractivity contribution >= 4 is 17.3 Å². The molecule has 0 bridgehead atoms. The molecule has 0 radical (unpaired) electrons. The van der Waals surface area contributed by atoms with E-state index in [4.69, 9.17) is 16.0 Å². The summed E-state index contributed by atoms with van der Waals surface area (Å²) < 4.78 is 44.3. The molecule has 1 aromatic heterocycles. The number of alkyl halides is 3. The van der Waals surface area contributed by atoms with Gasteiger partial charge in [-0.15, -0.1) is 10.2 Å². The van der Waals surface area contributed by atoms with Crippen LogP contribution in [0.5, 0.6) is 0 Å². The Morgan fingerprint density at radius 3 is 2.46 bits per heavy atom. The molecule has 3 rings (SSSR count). The average molecular weight is 354 g/mol. The molecule has 0 amide bonds. The normalized spacial score (nSPS) is 11.5. The molecule has 3 aromatic rings. The first kappa shape index (κ1) is 16.3. The molecule has 0 unspecified atom stereocenters. The summed E-state index contributed by atoms with van der Waals surface area (Å²) in [5, 5.41) is 10.8. The van der Waals surface area contributed by atoms with Crippen LogP contribution in [0.4, 0.5) is 18.9 Å². The fraction of sp³-hybridized carbons (Fsp3) is 0.125. The van der Waals surface area contributed by atoms with Crippen LogP contribution < -0.4 is 5.32 Å². The zero-order valence-electron chi connectivity index (χ0n) is 12.1. The first-order valence-electron chi connectivity index (χ1n) is 6.92. The van der Waals surface area contributed by atoms with E-state index in [1.165, 1.54) is 18.2 Å². The van der Waals surface area contributed by atoms with Crippen molar-refractivity contribution in [2.75, 3.05) is 5.32 Å². The molecule has 0 aliphatic rings. The number of benzene rings is 2. The Bertz CT molecular complexity index is 848. The molecule has 2 aromatic carbocycles. The minimum Gasteiger partial charge on any atom is -0.419 e. The third kappa shape index (κ3) is 3.51. The summed E-state index contributed by atoms with van der Waals surface area (Å²) in [6.45, 7) is -0.0372. The van der Waals surface area contributed by atoms with E-state index < -0.39 is 11.7 Å². The van der Waals surface area contributed by atoms with Crippen LogP contribution >= 0.6 is 11.6 Å². The van der Waals surface area contributed by atoms with Gasteiger partial charge >= 0.3 is 6.18 Å². The van der Waals surface area contributed by atoms with Gasteiger partial charge in [-0.05, 0) is 24.3 Å². The topological polar surface area (TPSA) is 51.0 Å². The van der Waals surface area contributed by atoms with Crippen LogP contribution in [0.3, 0.4) is 0 Å². The van der Waals surface area contributed by atoms with Gasteiger partial charge in [0.1, 0.15) is 0 Å². The van der Waals surface area contributed by atoms with Crippen molar-refractivity contribution in [1.82, 2.24) is 10.2 Å². The highest BCUT2D eigenvalue weighted by Crippen LogP contribution is 2.34. The van der Waals surface area contributed by atoms with Crippen LogP contribution in [0.2, 0.25) is 5.02 Å². The predicted octanol–water partition coefficient (Wildman–Crippen LogP) is 5.02. The van der Waals surface area contributed by atoms with Crippen LogP contribution in [0.1, 0.15) is 11.5 Å². The number of hydrogen-bond acceptors (Lipinski definition) is 4. The molecular weight excluding hydrogens is 343 g/mol. The molecule has 124 valence electrons. The van der Waals surface area contributed by atoms with Gasteiger partial charge < -0.3 is 9.73 Å². The second-order valence-electron chi connectivity index (χ2n) is 4.88. The Balaban J connectivity index is 1.77. The molecule has 0 saturated heterocycles. The third-order valence-electron chi connectivity index (χ3n) is 3.23. The monoisotopic (exact) mass is 353 g/mol. The number of nitrogens with zero attached hydrogens (tertiary/aromatic N) is 2. The summed E-state index contributed by atoms with van der Waals surface area (Å²) in [5.74, 6) is 0.364. The lowest BCUT2D eigenvalue weighted by Crippen LogP contribution is -2.10. The van der Waals surface area contributed by atoms with Crippen molar-refractivity contribution in [2.45, 2.75) is 12.7 Å². The van der Waals surface area contributed by atoms with Crippen molar-refractivity contribution < 1.29 is 17.6 Å². The first-order valence-corrected chi connectivity index (χ1v) is 7.30. The quantitative estimate of drug-likeness (QED) is 0.715. The summed E-state index contributed by atoms with van der Waals surface area (Å²) >= 11 is 6.04. The minimum absolute atomic E-state index is 0.0372. The molecule has 1 heterocycles. The molecule has 0 atom stereocenters. The third-order valence-corrected chi connectivity index (χ3v) is 3.56. The molecule has 4 nitrogen and oxygen atoms in total.